The molecular formula is C28H26N3O3+. The van der Waals surface area contributed by atoms with E-state index in [1.165, 1.54) is 0 Å². The molecule has 0 aliphatic carbocycles. The van der Waals surface area contributed by atoms with Gasteiger partial charge < -0.3 is 9.47 Å². The van der Waals surface area contributed by atoms with Crippen LogP contribution in [0.2, 0.25) is 0 Å². The number of nitrogens with zero attached hydrogens (tertiary/aromatic N) is 2. The highest BCUT2D eigenvalue weighted by Gasteiger charge is 2.41. The van der Waals surface area contributed by atoms with Crippen LogP contribution in [0.4, 0.5) is 5.82 Å². The Bertz CT molecular complexity index is 1320. The van der Waals surface area contributed by atoms with Crippen molar-refractivity contribution in [2.75, 3.05) is 19.5 Å². The molecule has 0 saturated heterocycles. The van der Waals surface area contributed by atoms with Crippen LogP contribution in [-0.2, 0) is 12.8 Å². The van der Waals surface area contributed by atoms with Crippen LogP contribution in [0, 0.1) is 0 Å². The summed E-state index contributed by atoms with van der Waals surface area (Å²) in [6.45, 7) is 0. The molecule has 0 spiro atoms. The van der Waals surface area contributed by atoms with Gasteiger partial charge in [-0.3, -0.25) is 5.32 Å². The van der Waals surface area contributed by atoms with Crippen molar-refractivity contribution in [3.63, 3.8) is 0 Å². The van der Waals surface area contributed by atoms with Gasteiger partial charge in [0.05, 0.1) is 14.2 Å². The van der Waals surface area contributed by atoms with Crippen molar-refractivity contribution in [2.45, 2.75) is 18.9 Å². The molecule has 6 nitrogen and oxygen atoms in total. The van der Waals surface area contributed by atoms with E-state index in [0.717, 1.165) is 33.9 Å². The van der Waals surface area contributed by atoms with Crippen LogP contribution in [0.25, 0.3) is 11.3 Å². The van der Waals surface area contributed by atoms with Crippen molar-refractivity contribution in [2.24, 2.45) is 0 Å². The van der Waals surface area contributed by atoms with Crippen molar-refractivity contribution >= 4 is 11.7 Å². The zero-order valence-electron chi connectivity index (χ0n) is 19.2. The topological polar surface area (TPSA) is 64.3 Å². The van der Waals surface area contributed by atoms with E-state index in [1.54, 1.807) is 18.8 Å². The Hall–Kier alpha value is -4.19. The molecule has 1 N–H and O–H groups in total. The van der Waals surface area contributed by atoms with E-state index < -0.39 is 6.04 Å². The number of nitrogens with one attached hydrogen (secondary N) is 1. The van der Waals surface area contributed by atoms with Gasteiger partial charge in [0, 0.05) is 18.4 Å². The number of aromatic nitrogens is 2. The molecule has 0 fully saturated rings. The van der Waals surface area contributed by atoms with Crippen molar-refractivity contribution < 1.29 is 18.8 Å². The third kappa shape index (κ3) is 4.22. The van der Waals surface area contributed by atoms with E-state index >= 15 is 0 Å². The number of benzene rings is 3. The summed E-state index contributed by atoms with van der Waals surface area (Å²) in [5.74, 6) is 2.06. The zero-order chi connectivity index (χ0) is 23.5. The van der Waals surface area contributed by atoms with Gasteiger partial charge >= 0.3 is 11.7 Å². The lowest BCUT2D eigenvalue weighted by atomic mass is 10.1. The summed E-state index contributed by atoms with van der Waals surface area (Å²) >= 11 is 0. The van der Waals surface area contributed by atoms with Gasteiger partial charge in [0.25, 0.3) is 0 Å². The number of carbonyl (C=O) groups is 1. The average molecular weight is 453 g/mol. The Kier molecular flexibility index (Phi) is 5.95. The highest BCUT2D eigenvalue weighted by atomic mass is 16.5. The Morgan fingerprint density at radius 2 is 1.59 bits per heavy atom. The molecule has 1 aromatic heterocycles. The zero-order valence-corrected chi connectivity index (χ0v) is 19.2. The minimum Gasteiger partial charge on any atom is -0.493 e. The predicted molar refractivity (Wildman–Crippen MR) is 130 cm³/mol. The summed E-state index contributed by atoms with van der Waals surface area (Å²) in [6, 6.07) is 25.5. The van der Waals surface area contributed by atoms with Gasteiger partial charge in [0.15, 0.2) is 17.5 Å². The molecule has 0 saturated carbocycles. The van der Waals surface area contributed by atoms with E-state index in [4.69, 9.17) is 14.5 Å². The molecule has 3 aromatic carbocycles. The number of hydrogen-bond donors (Lipinski definition) is 1. The average Bonchev–Trinajstić information content (AvgIpc) is 3.20. The maximum Gasteiger partial charge on any atom is 0.359 e. The molecule has 0 bridgehead atoms. The number of ether oxygens (including phenoxy) is 2. The molecule has 4 aromatic rings. The molecule has 1 aliphatic heterocycles. The van der Waals surface area contributed by atoms with Crippen LogP contribution < -0.4 is 19.4 Å². The lowest BCUT2D eigenvalue weighted by Crippen LogP contribution is -2.44. The van der Waals surface area contributed by atoms with Crippen molar-refractivity contribution in [1.82, 2.24) is 4.98 Å². The quantitative estimate of drug-likeness (QED) is 0.423. The third-order valence-electron chi connectivity index (χ3n) is 6.04. The number of rotatable bonds is 7. The molecule has 0 radical (unpaired) electrons. The first-order chi connectivity index (χ1) is 16.7. The van der Waals surface area contributed by atoms with Gasteiger partial charge in [-0.2, -0.15) is 4.57 Å². The largest absolute Gasteiger partial charge is 0.493 e. The van der Waals surface area contributed by atoms with E-state index in [-0.39, 0.29) is 5.91 Å². The molecule has 5 rings (SSSR count). The third-order valence-corrected chi connectivity index (χ3v) is 6.04. The number of anilines is 1. The monoisotopic (exact) mass is 452 g/mol. The first-order valence-corrected chi connectivity index (χ1v) is 11.2. The molecule has 34 heavy (non-hydrogen) atoms. The van der Waals surface area contributed by atoms with Gasteiger partial charge in [-0.25, -0.2) is 9.78 Å². The fraction of sp³-hybridized carbons (Fsp3) is 0.179. The Labute approximate surface area is 198 Å². The summed E-state index contributed by atoms with van der Waals surface area (Å²) in [5.41, 5.74) is 4.72. The summed E-state index contributed by atoms with van der Waals surface area (Å²) in [6.07, 6.45) is 2.98. The summed E-state index contributed by atoms with van der Waals surface area (Å²) in [7, 11) is 3.22. The Morgan fingerprint density at radius 1 is 0.882 bits per heavy atom. The minimum atomic E-state index is -0.402. The first-order valence-electron chi connectivity index (χ1n) is 11.2. The fourth-order valence-corrected chi connectivity index (χ4v) is 4.32. The lowest BCUT2D eigenvalue weighted by Gasteiger charge is -2.10. The smallest absolute Gasteiger partial charge is 0.359 e. The lowest BCUT2D eigenvalue weighted by molar-refractivity contribution is -0.552. The number of methoxy groups -OCH3 is 2. The first kappa shape index (κ1) is 21.6. The van der Waals surface area contributed by atoms with Crippen LogP contribution in [0.3, 0.4) is 0 Å². The van der Waals surface area contributed by atoms with Crippen molar-refractivity contribution in [3.05, 3.63) is 102 Å². The molecule has 1 atom stereocenters. The SMILES string of the molecule is COc1ccc(CC2Nc3c(Cc4ccccc4)nc(-c4ccccc4)c[n+]3C2=O)cc1OC. The van der Waals surface area contributed by atoms with E-state index in [2.05, 4.69) is 17.4 Å². The second kappa shape index (κ2) is 9.35. The Morgan fingerprint density at radius 3 is 2.29 bits per heavy atom. The summed E-state index contributed by atoms with van der Waals surface area (Å²) in [5, 5.41) is 3.45. The van der Waals surface area contributed by atoms with E-state index in [1.807, 2.05) is 72.9 Å². The molecule has 0 amide bonds. The van der Waals surface area contributed by atoms with E-state index in [0.29, 0.717) is 24.3 Å². The number of hydrogen-bond acceptors (Lipinski definition) is 5. The molecular weight excluding hydrogens is 426 g/mol. The van der Waals surface area contributed by atoms with Gasteiger partial charge in [-0.05, 0) is 23.3 Å². The van der Waals surface area contributed by atoms with Crippen LogP contribution >= 0.6 is 0 Å². The van der Waals surface area contributed by atoms with Crippen LogP contribution in [0.15, 0.2) is 85.1 Å². The molecule has 2 heterocycles. The number of carbonyl (C=O) groups excluding carboxylic acids is 1. The second-order valence-electron chi connectivity index (χ2n) is 8.25. The molecule has 1 unspecified atom stereocenters. The minimum absolute atomic E-state index is 0.00122. The summed E-state index contributed by atoms with van der Waals surface area (Å²) < 4.78 is 12.5. The second-order valence-corrected chi connectivity index (χ2v) is 8.25. The fourth-order valence-electron chi connectivity index (χ4n) is 4.32. The van der Waals surface area contributed by atoms with Gasteiger partial charge in [-0.1, -0.05) is 66.7 Å². The predicted octanol–water partition coefficient (Wildman–Crippen LogP) is 4.32. The van der Waals surface area contributed by atoms with Gasteiger partial charge in [0.1, 0.15) is 17.6 Å². The maximum atomic E-state index is 13.5. The highest BCUT2D eigenvalue weighted by Crippen LogP contribution is 2.29. The normalized spacial score (nSPS) is 14.4. The summed E-state index contributed by atoms with van der Waals surface area (Å²) in [4.78, 5) is 18.4. The Balaban J connectivity index is 1.50. The van der Waals surface area contributed by atoms with Gasteiger partial charge in [-0.15, -0.1) is 0 Å². The van der Waals surface area contributed by atoms with Crippen LogP contribution in [-0.4, -0.2) is 31.2 Å². The molecule has 1 aliphatic rings. The van der Waals surface area contributed by atoms with Crippen LogP contribution in [0.1, 0.15) is 21.6 Å². The molecule has 6 heteroatoms. The van der Waals surface area contributed by atoms with Crippen molar-refractivity contribution in [3.8, 4) is 22.8 Å². The van der Waals surface area contributed by atoms with Crippen LogP contribution in [0.5, 0.6) is 11.5 Å². The van der Waals surface area contributed by atoms with Crippen molar-refractivity contribution in [1.29, 1.82) is 0 Å². The van der Waals surface area contributed by atoms with E-state index in [9.17, 15) is 4.79 Å². The maximum absolute atomic E-state index is 13.5. The number of fused-ring (bicyclic) bond motifs is 1. The van der Waals surface area contributed by atoms with Gasteiger partial charge in [0.2, 0.25) is 0 Å². The standard InChI is InChI=1S/C28H25N3O3/c1-33-25-14-13-20(17-26(25)34-2)16-23-28(32)31-18-24(21-11-7-4-8-12-21)29-22(27(31)30-23)15-19-9-5-3-6-10-19/h3-14,17-18,23H,15-16H2,1-2H3/p+1. The molecule has 170 valence electrons. The highest BCUT2D eigenvalue weighted by molar-refractivity contribution is 5.83.